The molecule has 1 aromatic rings. The first kappa shape index (κ1) is 14.7. The fourth-order valence-electron chi connectivity index (χ4n) is 3.96. The van der Waals surface area contributed by atoms with Crippen molar-refractivity contribution >= 4 is 0 Å². The summed E-state index contributed by atoms with van der Waals surface area (Å²) in [6.07, 6.45) is 5.25. The Labute approximate surface area is 127 Å². The Bertz CT molecular complexity index is 506. The number of aromatic hydroxyl groups is 1. The molecule has 0 bridgehead atoms. The van der Waals surface area contributed by atoms with Gasteiger partial charge in [0.25, 0.3) is 0 Å². The summed E-state index contributed by atoms with van der Waals surface area (Å²) in [5, 5.41) is 13.4. The summed E-state index contributed by atoms with van der Waals surface area (Å²) < 4.78 is 5.73. The van der Waals surface area contributed by atoms with E-state index in [4.69, 9.17) is 4.74 Å². The molecule has 0 saturated heterocycles. The Morgan fingerprint density at radius 2 is 1.95 bits per heavy atom. The van der Waals surface area contributed by atoms with Crippen molar-refractivity contribution in [3.05, 3.63) is 23.8 Å². The van der Waals surface area contributed by atoms with Crippen molar-refractivity contribution in [2.24, 2.45) is 11.3 Å². The molecule has 1 heterocycles. The normalized spacial score (nSPS) is 29.0. The summed E-state index contributed by atoms with van der Waals surface area (Å²) >= 11 is 0. The number of nitrogens with one attached hydrogen (secondary N) is 1. The zero-order chi connectivity index (χ0) is 15.0. The quantitative estimate of drug-likeness (QED) is 0.864. The third-order valence-corrected chi connectivity index (χ3v) is 5.07. The number of fused-ring (bicyclic) bond motifs is 1. The van der Waals surface area contributed by atoms with Crippen LogP contribution in [0.5, 0.6) is 11.5 Å². The molecular formula is C18H27NO2. The number of hydrogen-bond acceptors (Lipinski definition) is 3. The predicted octanol–water partition coefficient (Wildman–Crippen LogP) is 4.02. The van der Waals surface area contributed by atoms with Crippen LogP contribution in [0.2, 0.25) is 0 Å². The fourth-order valence-corrected chi connectivity index (χ4v) is 3.96. The minimum absolute atomic E-state index is 0.258. The molecule has 1 saturated carbocycles. The first-order valence-electron chi connectivity index (χ1n) is 8.17. The third kappa shape index (κ3) is 3.03. The SMILES string of the molecule is CC(C)(C)C1CCCCC1NC1COc2cc(O)ccc21. The summed E-state index contributed by atoms with van der Waals surface area (Å²) in [4.78, 5) is 0. The maximum absolute atomic E-state index is 9.55. The van der Waals surface area contributed by atoms with Gasteiger partial charge in [0, 0.05) is 17.7 Å². The molecule has 2 aliphatic rings. The van der Waals surface area contributed by atoms with Crippen molar-refractivity contribution in [1.82, 2.24) is 5.32 Å². The standard InChI is InChI=1S/C18H27NO2/c1-18(2,3)14-6-4-5-7-15(14)19-16-11-21-17-10-12(20)8-9-13(16)17/h8-10,14-16,19-20H,4-7,11H2,1-3H3. The van der Waals surface area contributed by atoms with Gasteiger partial charge in [0.05, 0.1) is 6.04 Å². The van der Waals surface area contributed by atoms with Gasteiger partial charge < -0.3 is 15.2 Å². The molecule has 3 nitrogen and oxygen atoms in total. The highest BCUT2D eigenvalue weighted by molar-refractivity contribution is 5.44. The molecule has 0 aromatic heterocycles. The van der Waals surface area contributed by atoms with E-state index < -0.39 is 0 Å². The van der Waals surface area contributed by atoms with Crippen LogP contribution in [0, 0.1) is 11.3 Å². The van der Waals surface area contributed by atoms with Crippen molar-refractivity contribution in [3.63, 3.8) is 0 Å². The molecule has 3 atom stereocenters. The van der Waals surface area contributed by atoms with E-state index in [-0.39, 0.29) is 11.8 Å². The van der Waals surface area contributed by atoms with Crippen LogP contribution in [0.1, 0.15) is 58.1 Å². The molecule has 2 N–H and O–H groups in total. The Kier molecular flexibility index (Phi) is 3.87. The van der Waals surface area contributed by atoms with Gasteiger partial charge in [-0.15, -0.1) is 0 Å². The second-order valence-electron chi connectivity index (χ2n) is 7.62. The van der Waals surface area contributed by atoms with Gasteiger partial charge in [0.1, 0.15) is 18.1 Å². The predicted molar refractivity (Wildman–Crippen MR) is 84.7 cm³/mol. The molecule has 1 aromatic carbocycles. The van der Waals surface area contributed by atoms with E-state index in [0.717, 1.165) is 5.75 Å². The third-order valence-electron chi connectivity index (χ3n) is 5.07. The highest BCUT2D eigenvalue weighted by atomic mass is 16.5. The molecule has 0 radical (unpaired) electrons. The van der Waals surface area contributed by atoms with Gasteiger partial charge in [-0.1, -0.05) is 33.6 Å². The van der Waals surface area contributed by atoms with E-state index in [1.54, 1.807) is 12.1 Å². The average Bonchev–Trinajstić information content (AvgIpc) is 2.80. The molecule has 1 fully saturated rings. The lowest BCUT2D eigenvalue weighted by molar-refractivity contribution is 0.119. The maximum Gasteiger partial charge on any atom is 0.127 e. The summed E-state index contributed by atoms with van der Waals surface area (Å²) in [6, 6.07) is 6.29. The molecule has 116 valence electrons. The number of ether oxygens (including phenoxy) is 1. The molecule has 0 spiro atoms. The number of rotatable bonds is 2. The van der Waals surface area contributed by atoms with E-state index in [1.807, 2.05) is 6.07 Å². The van der Waals surface area contributed by atoms with Gasteiger partial charge >= 0.3 is 0 Å². The largest absolute Gasteiger partial charge is 0.508 e. The summed E-state index contributed by atoms with van der Waals surface area (Å²) in [5.41, 5.74) is 1.53. The fraction of sp³-hybridized carbons (Fsp3) is 0.667. The Morgan fingerprint density at radius 3 is 2.71 bits per heavy atom. The van der Waals surface area contributed by atoms with Gasteiger partial charge in [0.15, 0.2) is 0 Å². The van der Waals surface area contributed by atoms with Crippen LogP contribution in [-0.4, -0.2) is 17.8 Å². The Balaban J connectivity index is 1.75. The van der Waals surface area contributed by atoms with Gasteiger partial charge in [0.2, 0.25) is 0 Å². The first-order chi connectivity index (χ1) is 9.95. The van der Waals surface area contributed by atoms with E-state index in [1.165, 1.54) is 31.2 Å². The van der Waals surface area contributed by atoms with Crippen molar-refractivity contribution in [3.8, 4) is 11.5 Å². The summed E-state index contributed by atoms with van der Waals surface area (Å²) in [5.74, 6) is 1.82. The van der Waals surface area contributed by atoms with Crippen LogP contribution in [0.3, 0.4) is 0 Å². The number of benzene rings is 1. The van der Waals surface area contributed by atoms with Crippen molar-refractivity contribution in [2.75, 3.05) is 6.61 Å². The lowest BCUT2D eigenvalue weighted by Crippen LogP contribution is -2.46. The molecule has 0 amide bonds. The zero-order valence-electron chi connectivity index (χ0n) is 13.4. The number of phenols is 1. The average molecular weight is 289 g/mol. The lowest BCUT2D eigenvalue weighted by Gasteiger charge is -2.42. The Hall–Kier alpha value is -1.22. The number of hydrogen-bond donors (Lipinski definition) is 2. The summed E-state index contributed by atoms with van der Waals surface area (Å²) in [6.45, 7) is 7.74. The molecule has 3 heteroatoms. The van der Waals surface area contributed by atoms with Crippen molar-refractivity contribution < 1.29 is 9.84 Å². The monoisotopic (exact) mass is 289 g/mol. The van der Waals surface area contributed by atoms with E-state index in [2.05, 4.69) is 26.1 Å². The van der Waals surface area contributed by atoms with Crippen LogP contribution < -0.4 is 10.1 Å². The molecule has 21 heavy (non-hydrogen) atoms. The first-order valence-corrected chi connectivity index (χ1v) is 8.17. The topological polar surface area (TPSA) is 41.5 Å². The molecule has 3 unspecified atom stereocenters. The molecular weight excluding hydrogens is 262 g/mol. The summed E-state index contributed by atoms with van der Waals surface area (Å²) in [7, 11) is 0. The number of phenolic OH excluding ortho intramolecular Hbond substituents is 1. The van der Waals surface area contributed by atoms with Gasteiger partial charge in [-0.05, 0) is 36.3 Å². The van der Waals surface area contributed by atoms with Crippen LogP contribution in [0.15, 0.2) is 18.2 Å². The smallest absolute Gasteiger partial charge is 0.127 e. The van der Waals surface area contributed by atoms with Gasteiger partial charge in [-0.2, -0.15) is 0 Å². The second kappa shape index (κ2) is 5.53. The van der Waals surface area contributed by atoms with Crippen molar-refractivity contribution in [2.45, 2.75) is 58.5 Å². The minimum Gasteiger partial charge on any atom is -0.508 e. The van der Waals surface area contributed by atoms with E-state index in [9.17, 15) is 5.11 Å². The zero-order valence-corrected chi connectivity index (χ0v) is 13.4. The van der Waals surface area contributed by atoms with Gasteiger partial charge in [-0.25, -0.2) is 0 Å². The highest BCUT2D eigenvalue weighted by Crippen LogP contribution is 2.41. The van der Waals surface area contributed by atoms with E-state index >= 15 is 0 Å². The second-order valence-corrected chi connectivity index (χ2v) is 7.62. The van der Waals surface area contributed by atoms with Crippen LogP contribution in [-0.2, 0) is 0 Å². The molecule has 1 aliphatic carbocycles. The Morgan fingerprint density at radius 1 is 1.19 bits per heavy atom. The van der Waals surface area contributed by atoms with Crippen LogP contribution in [0.4, 0.5) is 0 Å². The van der Waals surface area contributed by atoms with Crippen LogP contribution >= 0.6 is 0 Å². The van der Waals surface area contributed by atoms with Crippen molar-refractivity contribution in [1.29, 1.82) is 0 Å². The lowest BCUT2D eigenvalue weighted by atomic mass is 9.69. The van der Waals surface area contributed by atoms with Gasteiger partial charge in [-0.3, -0.25) is 0 Å². The van der Waals surface area contributed by atoms with Crippen LogP contribution in [0.25, 0.3) is 0 Å². The molecule has 1 aliphatic heterocycles. The minimum atomic E-state index is 0.258. The molecule has 3 rings (SSSR count). The highest BCUT2D eigenvalue weighted by Gasteiger charge is 2.36. The van der Waals surface area contributed by atoms with E-state index in [0.29, 0.717) is 24.0 Å². The maximum atomic E-state index is 9.55.